The zero-order chi connectivity index (χ0) is 43.6. The van der Waals surface area contributed by atoms with Crippen molar-refractivity contribution in [3.63, 3.8) is 0 Å². The number of nitrogens with one attached hydrogen (secondary N) is 7. The molecule has 0 radical (unpaired) electrons. The van der Waals surface area contributed by atoms with E-state index in [1.165, 1.54) is 13.8 Å². The van der Waals surface area contributed by atoms with Crippen molar-refractivity contribution in [1.29, 1.82) is 0 Å². The average molecular weight is 802 g/mol. The Labute approximate surface area is 324 Å². The molecule has 0 aromatic rings. The van der Waals surface area contributed by atoms with Crippen LogP contribution in [0.5, 0.6) is 0 Å². The molecule has 0 aromatic heterocycles. The van der Waals surface area contributed by atoms with Crippen molar-refractivity contribution < 1.29 is 63.3 Å². The van der Waals surface area contributed by atoms with E-state index >= 15 is 0 Å². The van der Waals surface area contributed by atoms with Crippen molar-refractivity contribution in [2.45, 2.75) is 129 Å². The van der Waals surface area contributed by atoms with E-state index in [1.54, 1.807) is 41.5 Å². The highest BCUT2D eigenvalue weighted by Gasteiger charge is 2.35. The van der Waals surface area contributed by atoms with Crippen LogP contribution in [0.15, 0.2) is 0 Å². The van der Waals surface area contributed by atoms with Gasteiger partial charge < -0.3 is 64.0 Å². The molecule has 0 aliphatic carbocycles. The summed E-state index contributed by atoms with van der Waals surface area (Å²) in [4.78, 5) is 125. The van der Waals surface area contributed by atoms with Gasteiger partial charge in [-0.05, 0) is 38.0 Å². The van der Waals surface area contributed by atoms with Gasteiger partial charge in [0, 0.05) is 6.42 Å². The first-order valence-electron chi connectivity index (χ1n) is 18.1. The second-order valence-corrected chi connectivity index (χ2v) is 14.1. The molecule has 0 bridgehead atoms. The smallest absolute Gasteiger partial charge is 0.325 e. The maximum atomic E-state index is 13.5. The molecule has 0 aromatic carbocycles. The molecular formula is C34H59N9O13. The van der Waals surface area contributed by atoms with E-state index < -0.39 is 151 Å². The molecule has 0 spiro atoms. The van der Waals surface area contributed by atoms with Gasteiger partial charge in [-0.1, -0.05) is 48.0 Å². The van der Waals surface area contributed by atoms with Crippen molar-refractivity contribution in [1.82, 2.24) is 37.2 Å². The molecule has 0 rings (SSSR count). The van der Waals surface area contributed by atoms with Crippen LogP contribution in [-0.2, 0) is 47.9 Å². The van der Waals surface area contributed by atoms with E-state index in [1.807, 2.05) is 0 Å². The maximum Gasteiger partial charge on any atom is 0.325 e. The Balaban J connectivity index is 5.90. The van der Waals surface area contributed by atoms with Gasteiger partial charge in [-0.25, -0.2) is 0 Å². The largest absolute Gasteiger partial charge is 0.481 e. The normalized spacial score (nSPS) is 15.9. The Morgan fingerprint density at radius 1 is 0.554 bits per heavy atom. The topological polar surface area (TPSA) is 368 Å². The number of carboxylic acids is 2. The Morgan fingerprint density at radius 2 is 0.982 bits per heavy atom. The quantitative estimate of drug-likeness (QED) is 0.0418. The maximum absolute atomic E-state index is 13.5. The van der Waals surface area contributed by atoms with E-state index in [-0.39, 0.29) is 0 Å². The standard InChI is InChI=1S/C34H59N9O13/c1-9-16(6)26(33(54)38-18(8)34(55)56)43-29(50)20(10-11-23(46)47)39-31(52)24(14(2)3)41-27(48)17(7)37-30(51)21(13-44)40-32(53)25(15(4)5)42-28(49)19(35)12-22(36)45/h14-21,24-26,44H,9-13,35H2,1-8H3,(H2,36,45)(H,37,51)(H,38,54)(H,39,52)(H,40,53)(H,41,48)(H,42,49)(H,43,50)(H,46,47)(H,55,56)/t16-,17-,18-,19-,20-,21-,24-,25-,26-/m0/s1. The highest BCUT2D eigenvalue weighted by molar-refractivity contribution is 5.98. The number of carboxylic acid groups (broad SMARTS) is 2. The fourth-order valence-electron chi connectivity index (χ4n) is 4.87. The van der Waals surface area contributed by atoms with Gasteiger partial charge in [-0.3, -0.25) is 47.9 Å². The van der Waals surface area contributed by atoms with Gasteiger partial charge in [0.1, 0.15) is 42.3 Å². The first kappa shape index (κ1) is 50.6. The van der Waals surface area contributed by atoms with Crippen LogP contribution in [0.3, 0.4) is 0 Å². The Bertz CT molecular complexity index is 1440. The molecule has 0 aliphatic rings. The van der Waals surface area contributed by atoms with Crippen LogP contribution in [-0.4, -0.2) is 129 Å². The van der Waals surface area contributed by atoms with Crippen molar-refractivity contribution in [3.05, 3.63) is 0 Å². The van der Waals surface area contributed by atoms with Crippen LogP contribution >= 0.6 is 0 Å². The average Bonchev–Trinajstić information content (AvgIpc) is 3.10. The lowest BCUT2D eigenvalue weighted by atomic mass is 9.97. The lowest BCUT2D eigenvalue weighted by molar-refractivity contribution is -0.142. The number of aliphatic hydroxyl groups excluding tert-OH is 1. The summed E-state index contributed by atoms with van der Waals surface area (Å²) in [5.41, 5.74) is 10.7. The fourth-order valence-corrected chi connectivity index (χ4v) is 4.87. The van der Waals surface area contributed by atoms with Gasteiger partial charge in [-0.2, -0.15) is 0 Å². The number of amides is 8. The molecule has 14 N–H and O–H groups in total. The van der Waals surface area contributed by atoms with E-state index in [4.69, 9.17) is 11.5 Å². The minimum absolute atomic E-state index is 0.374. The van der Waals surface area contributed by atoms with Crippen molar-refractivity contribution >= 4 is 59.2 Å². The van der Waals surface area contributed by atoms with Crippen LogP contribution < -0.4 is 48.7 Å². The molecular weight excluding hydrogens is 742 g/mol. The lowest BCUT2D eigenvalue weighted by Crippen LogP contribution is -2.61. The number of carbonyl (C=O) groups excluding carboxylic acids is 8. The number of primary amides is 1. The molecule has 9 atom stereocenters. The summed E-state index contributed by atoms with van der Waals surface area (Å²) in [5, 5.41) is 44.9. The van der Waals surface area contributed by atoms with Crippen LogP contribution in [0.4, 0.5) is 0 Å². The molecule has 0 heterocycles. The monoisotopic (exact) mass is 801 g/mol. The molecule has 0 aliphatic heterocycles. The zero-order valence-electron chi connectivity index (χ0n) is 33.0. The summed E-state index contributed by atoms with van der Waals surface area (Å²) in [7, 11) is 0. The Morgan fingerprint density at radius 3 is 1.41 bits per heavy atom. The third-order valence-electron chi connectivity index (χ3n) is 8.62. The number of rotatable bonds is 25. The predicted molar refractivity (Wildman–Crippen MR) is 197 cm³/mol. The van der Waals surface area contributed by atoms with Gasteiger partial charge in [-0.15, -0.1) is 0 Å². The third-order valence-corrected chi connectivity index (χ3v) is 8.62. The van der Waals surface area contributed by atoms with Gasteiger partial charge in [0.15, 0.2) is 0 Å². The minimum Gasteiger partial charge on any atom is -0.481 e. The zero-order valence-corrected chi connectivity index (χ0v) is 33.0. The van der Waals surface area contributed by atoms with Crippen LogP contribution in [0.25, 0.3) is 0 Å². The van der Waals surface area contributed by atoms with Crippen molar-refractivity contribution in [3.8, 4) is 0 Å². The molecule has 0 saturated heterocycles. The Hall–Kier alpha value is -5.38. The number of carbonyl (C=O) groups is 10. The predicted octanol–water partition coefficient (Wildman–Crippen LogP) is -4.08. The number of nitrogens with two attached hydrogens (primary N) is 2. The van der Waals surface area contributed by atoms with Crippen LogP contribution in [0.2, 0.25) is 0 Å². The van der Waals surface area contributed by atoms with Gasteiger partial charge >= 0.3 is 11.9 Å². The molecule has 8 amide bonds. The van der Waals surface area contributed by atoms with E-state index in [0.717, 1.165) is 0 Å². The summed E-state index contributed by atoms with van der Waals surface area (Å²) in [5.74, 6) is -11.5. The second kappa shape index (κ2) is 24.2. The lowest BCUT2D eigenvalue weighted by Gasteiger charge is -2.29. The highest BCUT2D eigenvalue weighted by atomic mass is 16.4. The molecule has 0 unspecified atom stereocenters. The first-order chi connectivity index (χ1) is 25.9. The molecule has 0 fully saturated rings. The molecule has 22 nitrogen and oxygen atoms in total. The number of hydrogen-bond acceptors (Lipinski definition) is 12. The molecule has 318 valence electrons. The summed E-state index contributed by atoms with van der Waals surface area (Å²) in [6.07, 6.45) is -1.12. The summed E-state index contributed by atoms with van der Waals surface area (Å²) < 4.78 is 0. The number of aliphatic hydroxyl groups is 1. The number of aliphatic carboxylic acids is 2. The molecule has 56 heavy (non-hydrogen) atoms. The van der Waals surface area contributed by atoms with Gasteiger partial charge in [0.05, 0.1) is 19.1 Å². The van der Waals surface area contributed by atoms with Gasteiger partial charge in [0.2, 0.25) is 47.3 Å². The molecule has 0 saturated carbocycles. The Kier molecular flexibility index (Phi) is 21.9. The van der Waals surface area contributed by atoms with E-state index in [2.05, 4.69) is 37.2 Å². The third kappa shape index (κ3) is 17.4. The van der Waals surface area contributed by atoms with Crippen molar-refractivity contribution in [2.24, 2.45) is 29.2 Å². The van der Waals surface area contributed by atoms with Crippen molar-refractivity contribution in [2.75, 3.05) is 6.61 Å². The minimum atomic E-state index is -1.61. The summed E-state index contributed by atoms with van der Waals surface area (Å²) >= 11 is 0. The van der Waals surface area contributed by atoms with Crippen LogP contribution in [0.1, 0.15) is 81.1 Å². The summed E-state index contributed by atoms with van der Waals surface area (Å²) in [6.45, 7) is 11.1. The highest BCUT2D eigenvalue weighted by Crippen LogP contribution is 2.11. The SMILES string of the molecule is CC[C@H](C)[C@H](NC(=O)[C@H](CCC(=O)O)NC(=O)[C@@H](NC(=O)[C@H](C)NC(=O)[C@H](CO)NC(=O)[C@@H](NC(=O)[C@@H](N)CC(N)=O)C(C)C)C(C)C)C(=O)N[C@@H](C)C(=O)O. The summed E-state index contributed by atoms with van der Waals surface area (Å²) in [6, 6.07) is -11.0. The van der Waals surface area contributed by atoms with Crippen LogP contribution in [0, 0.1) is 17.8 Å². The van der Waals surface area contributed by atoms with Gasteiger partial charge in [0.25, 0.3) is 0 Å². The number of hydrogen-bond donors (Lipinski definition) is 12. The van der Waals surface area contributed by atoms with E-state index in [0.29, 0.717) is 6.42 Å². The van der Waals surface area contributed by atoms with E-state index in [9.17, 15) is 63.3 Å². The first-order valence-corrected chi connectivity index (χ1v) is 18.1. The molecule has 22 heteroatoms. The second-order valence-electron chi connectivity index (χ2n) is 14.1. The fraction of sp³-hybridized carbons (Fsp3) is 0.706.